The van der Waals surface area contributed by atoms with E-state index in [-0.39, 0.29) is 18.0 Å². The van der Waals surface area contributed by atoms with Crippen molar-refractivity contribution in [1.82, 2.24) is 9.80 Å². The van der Waals surface area contributed by atoms with Crippen molar-refractivity contribution < 1.29 is 14.3 Å². The molecule has 0 atom stereocenters. The number of hydrogen-bond donors (Lipinski definition) is 0. The molecule has 6 heteroatoms. The number of ether oxygens (including phenoxy) is 1. The van der Waals surface area contributed by atoms with E-state index in [1.54, 1.807) is 4.90 Å². The van der Waals surface area contributed by atoms with Crippen LogP contribution in [-0.2, 0) is 11.3 Å². The normalized spacial score (nSPS) is 18.8. The second kappa shape index (κ2) is 6.39. The van der Waals surface area contributed by atoms with Gasteiger partial charge in [0.05, 0.1) is 0 Å². The zero-order chi connectivity index (χ0) is 17.5. The highest BCUT2D eigenvalue weighted by atomic mass is 79.9. The number of likely N-dealkylation sites (tertiary alicyclic amines) is 1. The molecule has 2 heterocycles. The van der Waals surface area contributed by atoms with E-state index in [0.29, 0.717) is 19.6 Å². The molecule has 24 heavy (non-hydrogen) atoms. The Labute approximate surface area is 151 Å². The summed E-state index contributed by atoms with van der Waals surface area (Å²) >= 11 is 3.43. The Hall–Kier alpha value is -1.56. The van der Waals surface area contributed by atoms with Crippen LogP contribution in [0.2, 0.25) is 0 Å². The summed E-state index contributed by atoms with van der Waals surface area (Å²) in [6.07, 6.45) is 1.32. The predicted molar refractivity (Wildman–Crippen MR) is 94.8 cm³/mol. The zero-order valence-corrected chi connectivity index (χ0v) is 15.9. The quantitative estimate of drug-likeness (QED) is 0.727. The first-order valence-corrected chi connectivity index (χ1v) is 9.11. The van der Waals surface area contributed by atoms with Crippen LogP contribution >= 0.6 is 15.9 Å². The Morgan fingerprint density at radius 3 is 2.54 bits per heavy atom. The molecule has 3 rings (SSSR count). The van der Waals surface area contributed by atoms with Crippen molar-refractivity contribution in [2.75, 3.05) is 13.1 Å². The average Bonchev–Trinajstić information content (AvgIpc) is 2.83. The van der Waals surface area contributed by atoms with Gasteiger partial charge in [-0.15, -0.1) is 0 Å². The Morgan fingerprint density at radius 1 is 1.25 bits per heavy atom. The number of carbonyl (C=O) groups excluding carboxylic acids is 2. The van der Waals surface area contributed by atoms with Crippen molar-refractivity contribution >= 4 is 27.9 Å². The number of nitrogens with zero attached hydrogens (tertiary/aromatic N) is 2. The van der Waals surface area contributed by atoms with Crippen LogP contribution in [0.4, 0.5) is 4.79 Å². The average molecular weight is 395 g/mol. The molecular weight excluding hydrogens is 372 g/mol. The van der Waals surface area contributed by atoms with Crippen LogP contribution in [0.1, 0.15) is 49.5 Å². The van der Waals surface area contributed by atoms with E-state index >= 15 is 0 Å². The highest BCUT2D eigenvalue weighted by Crippen LogP contribution is 2.30. The Kier molecular flexibility index (Phi) is 4.60. The number of piperidine rings is 1. The Balaban J connectivity index is 1.60. The fraction of sp³-hybridized carbons (Fsp3) is 0.556. The Morgan fingerprint density at radius 2 is 1.92 bits per heavy atom. The van der Waals surface area contributed by atoms with Crippen molar-refractivity contribution in [3.63, 3.8) is 0 Å². The summed E-state index contributed by atoms with van der Waals surface area (Å²) in [6, 6.07) is 6.06. The number of carbonyl (C=O) groups is 2. The highest BCUT2D eigenvalue weighted by molar-refractivity contribution is 9.10. The maximum atomic E-state index is 12.7. The van der Waals surface area contributed by atoms with Crippen molar-refractivity contribution in [3.05, 3.63) is 33.8 Å². The number of rotatable bonds is 1. The maximum absolute atomic E-state index is 12.7. The summed E-state index contributed by atoms with van der Waals surface area (Å²) in [5.41, 5.74) is 1.39. The van der Waals surface area contributed by atoms with Gasteiger partial charge in [-0.2, -0.15) is 0 Å². The largest absolute Gasteiger partial charge is 0.444 e. The minimum atomic E-state index is -0.478. The van der Waals surface area contributed by atoms with Gasteiger partial charge in [0.2, 0.25) is 0 Å². The summed E-state index contributed by atoms with van der Waals surface area (Å²) in [6.45, 7) is 7.53. The van der Waals surface area contributed by atoms with Crippen molar-refractivity contribution in [2.45, 2.75) is 51.8 Å². The molecule has 2 amide bonds. The predicted octanol–water partition coefficient (Wildman–Crippen LogP) is 3.80. The van der Waals surface area contributed by atoms with Gasteiger partial charge in [-0.05, 0) is 51.3 Å². The molecule has 5 nitrogen and oxygen atoms in total. The first kappa shape index (κ1) is 17.3. The van der Waals surface area contributed by atoms with Gasteiger partial charge in [0.1, 0.15) is 5.60 Å². The maximum Gasteiger partial charge on any atom is 0.410 e. The van der Waals surface area contributed by atoms with E-state index < -0.39 is 5.60 Å². The number of fused-ring (bicyclic) bond motifs is 1. The van der Waals surface area contributed by atoms with E-state index in [2.05, 4.69) is 15.9 Å². The molecular formula is C18H23BrN2O3. The fourth-order valence-electron chi connectivity index (χ4n) is 3.28. The molecule has 0 N–H and O–H groups in total. The second-order valence-corrected chi connectivity index (χ2v) is 8.35. The molecule has 0 spiro atoms. The SMILES string of the molecule is CC(C)(C)OC(=O)N1CCC(N2Cc3ccc(Br)cc3C2=O)CC1. The van der Waals surface area contributed by atoms with Gasteiger partial charge in [0, 0.05) is 35.7 Å². The van der Waals surface area contributed by atoms with Crippen molar-refractivity contribution in [1.29, 1.82) is 0 Å². The molecule has 0 aliphatic carbocycles. The number of amides is 2. The first-order valence-electron chi connectivity index (χ1n) is 8.32. The third kappa shape index (κ3) is 3.58. The summed E-state index contributed by atoms with van der Waals surface area (Å²) < 4.78 is 6.35. The molecule has 1 fully saturated rings. The number of benzene rings is 1. The molecule has 1 aromatic carbocycles. The molecule has 1 saturated heterocycles. The molecule has 2 aliphatic heterocycles. The van der Waals surface area contributed by atoms with Crippen LogP contribution in [0.5, 0.6) is 0 Å². The molecule has 0 bridgehead atoms. The van der Waals surface area contributed by atoms with Crippen LogP contribution < -0.4 is 0 Å². The standard InChI is InChI=1S/C18H23BrN2O3/c1-18(2,3)24-17(23)20-8-6-14(7-9-20)21-11-12-4-5-13(19)10-15(12)16(21)22/h4-5,10,14H,6-9,11H2,1-3H3. The van der Waals surface area contributed by atoms with E-state index in [4.69, 9.17) is 4.74 Å². The minimum Gasteiger partial charge on any atom is -0.444 e. The monoisotopic (exact) mass is 394 g/mol. The molecule has 1 aromatic rings. The van der Waals surface area contributed by atoms with Gasteiger partial charge < -0.3 is 14.5 Å². The minimum absolute atomic E-state index is 0.0991. The summed E-state index contributed by atoms with van der Waals surface area (Å²) in [4.78, 5) is 28.5. The van der Waals surface area contributed by atoms with Gasteiger partial charge in [-0.3, -0.25) is 4.79 Å². The molecule has 0 saturated carbocycles. The second-order valence-electron chi connectivity index (χ2n) is 7.43. The lowest BCUT2D eigenvalue weighted by atomic mass is 10.0. The van der Waals surface area contributed by atoms with Crippen molar-refractivity contribution in [3.8, 4) is 0 Å². The van der Waals surface area contributed by atoms with E-state index in [1.807, 2.05) is 43.9 Å². The third-order valence-electron chi connectivity index (χ3n) is 4.46. The lowest BCUT2D eigenvalue weighted by Crippen LogP contribution is -2.48. The van der Waals surface area contributed by atoms with Crippen molar-refractivity contribution in [2.24, 2.45) is 0 Å². The smallest absolute Gasteiger partial charge is 0.410 e. The van der Waals surface area contributed by atoms with Crippen LogP contribution in [-0.4, -0.2) is 46.5 Å². The van der Waals surface area contributed by atoms with Gasteiger partial charge in [0.25, 0.3) is 5.91 Å². The number of hydrogen-bond acceptors (Lipinski definition) is 3. The van der Waals surface area contributed by atoms with E-state index in [1.165, 1.54) is 0 Å². The van der Waals surface area contributed by atoms with Crippen LogP contribution in [0.25, 0.3) is 0 Å². The van der Waals surface area contributed by atoms with Gasteiger partial charge in [0.15, 0.2) is 0 Å². The highest BCUT2D eigenvalue weighted by Gasteiger charge is 2.36. The first-order chi connectivity index (χ1) is 11.2. The van der Waals surface area contributed by atoms with Gasteiger partial charge >= 0.3 is 6.09 Å². The molecule has 130 valence electrons. The van der Waals surface area contributed by atoms with Gasteiger partial charge in [-0.25, -0.2) is 4.79 Å². The molecule has 2 aliphatic rings. The van der Waals surface area contributed by atoms with Gasteiger partial charge in [-0.1, -0.05) is 22.0 Å². The number of halogens is 1. The van der Waals surface area contributed by atoms with E-state index in [0.717, 1.165) is 28.4 Å². The summed E-state index contributed by atoms with van der Waals surface area (Å²) in [7, 11) is 0. The third-order valence-corrected chi connectivity index (χ3v) is 4.95. The Bertz CT molecular complexity index is 661. The fourth-order valence-corrected chi connectivity index (χ4v) is 3.64. The summed E-state index contributed by atoms with van der Waals surface area (Å²) in [5, 5.41) is 0. The molecule has 0 unspecified atom stereocenters. The molecule has 0 aromatic heterocycles. The van der Waals surface area contributed by atoms with Crippen LogP contribution in [0, 0.1) is 0 Å². The lowest BCUT2D eigenvalue weighted by molar-refractivity contribution is 0.0148. The zero-order valence-electron chi connectivity index (χ0n) is 14.3. The molecule has 0 radical (unpaired) electrons. The lowest BCUT2D eigenvalue weighted by Gasteiger charge is -2.37. The summed E-state index contributed by atoms with van der Waals surface area (Å²) in [5.74, 6) is 0.0991. The van der Waals surface area contributed by atoms with E-state index in [9.17, 15) is 9.59 Å². The topological polar surface area (TPSA) is 49.9 Å². The van der Waals surface area contributed by atoms with Crippen LogP contribution in [0.15, 0.2) is 22.7 Å². The van der Waals surface area contributed by atoms with Crippen LogP contribution in [0.3, 0.4) is 0 Å².